The van der Waals surface area contributed by atoms with Crippen LogP contribution < -0.4 is 0 Å². The Morgan fingerprint density at radius 2 is 0.736 bits per heavy atom. The van der Waals surface area contributed by atoms with Gasteiger partial charge in [0.05, 0.1) is 5.41 Å². The third-order valence-corrected chi connectivity index (χ3v) is 11.1. The van der Waals surface area contributed by atoms with Crippen molar-refractivity contribution in [2.24, 2.45) is 0 Å². The number of benzene rings is 8. The molecule has 0 saturated carbocycles. The van der Waals surface area contributed by atoms with Crippen molar-refractivity contribution < 1.29 is 0 Å². The van der Waals surface area contributed by atoms with Crippen LogP contribution in [0.2, 0.25) is 0 Å². The third kappa shape index (κ3) is 4.44. The molecule has 0 aliphatic heterocycles. The van der Waals surface area contributed by atoms with Gasteiger partial charge in [0, 0.05) is 16.7 Å². The van der Waals surface area contributed by atoms with Crippen LogP contribution in [0.3, 0.4) is 0 Å². The van der Waals surface area contributed by atoms with E-state index in [9.17, 15) is 0 Å². The molecule has 1 atom stereocenters. The summed E-state index contributed by atoms with van der Waals surface area (Å²) >= 11 is 0. The highest BCUT2D eigenvalue weighted by Crippen LogP contribution is 2.63. The van der Waals surface area contributed by atoms with Gasteiger partial charge in [0.15, 0.2) is 17.5 Å². The van der Waals surface area contributed by atoms with Gasteiger partial charge >= 0.3 is 0 Å². The largest absolute Gasteiger partial charge is 0.208 e. The van der Waals surface area contributed by atoms with Crippen LogP contribution in [0.15, 0.2) is 188 Å². The lowest BCUT2D eigenvalue weighted by atomic mass is 9.70. The monoisotopic (exact) mass is 673 g/mol. The molecule has 3 heteroatoms. The molecular weight excluding hydrogens is 643 g/mol. The number of hydrogen-bond donors (Lipinski definition) is 0. The van der Waals surface area contributed by atoms with Gasteiger partial charge in [-0.15, -0.1) is 0 Å². The Hall–Kier alpha value is -6.97. The van der Waals surface area contributed by atoms with Gasteiger partial charge in [-0.3, -0.25) is 0 Å². The summed E-state index contributed by atoms with van der Waals surface area (Å²) < 4.78 is 0. The van der Waals surface area contributed by atoms with Crippen LogP contribution >= 0.6 is 0 Å². The Bertz CT molecular complexity index is 2900. The van der Waals surface area contributed by atoms with Crippen molar-refractivity contribution in [1.29, 1.82) is 0 Å². The molecule has 11 rings (SSSR count). The number of hydrogen-bond acceptors (Lipinski definition) is 3. The first-order valence-corrected chi connectivity index (χ1v) is 18.1. The van der Waals surface area contributed by atoms with E-state index in [0.29, 0.717) is 17.5 Å². The fourth-order valence-electron chi connectivity index (χ4n) is 8.78. The van der Waals surface area contributed by atoms with E-state index < -0.39 is 5.41 Å². The molecule has 1 spiro atoms. The van der Waals surface area contributed by atoms with Gasteiger partial charge in [0.2, 0.25) is 0 Å². The minimum atomic E-state index is -0.486. The lowest BCUT2D eigenvalue weighted by Gasteiger charge is -2.31. The zero-order valence-electron chi connectivity index (χ0n) is 28.7. The highest BCUT2D eigenvalue weighted by Gasteiger charge is 2.51. The fourth-order valence-corrected chi connectivity index (χ4v) is 8.78. The fraction of sp³-hybridized carbons (Fsp3) is 0.0200. The Morgan fingerprint density at radius 1 is 0.264 bits per heavy atom. The maximum Gasteiger partial charge on any atom is 0.164 e. The molecule has 246 valence electrons. The second kappa shape index (κ2) is 11.5. The van der Waals surface area contributed by atoms with Crippen LogP contribution in [0.1, 0.15) is 22.3 Å². The third-order valence-electron chi connectivity index (χ3n) is 11.1. The molecule has 2 aliphatic carbocycles. The molecule has 0 amide bonds. The molecule has 2 aliphatic rings. The smallest absolute Gasteiger partial charge is 0.164 e. The van der Waals surface area contributed by atoms with Gasteiger partial charge in [-0.1, -0.05) is 164 Å². The minimum Gasteiger partial charge on any atom is -0.208 e. The standard InChI is InChI=1S/C50H31N3/c1-3-14-32(15-4-1)34-20-13-21-37(28-34)48-51-47(33-16-5-2-6-17-33)52-49(53-48)38-26-27-41-39-22-9-11-24-43(39)50(45(41)31-38)44-25-12-10-23-40(44)42-29-35-18-7-8-19-36(35)30-46(42)50/h1-31H. The predicted molar refractivity (Wildman–Crippen MR) is 215 cm³/mol. The number of nitrogens with zero attached hydrogens (tertiary/aromatic N) is 3. The minimum absolute atomic E-state index is 0.486. The summed E-state index contributed by atoms with van der Waals surface area (Å²) in [7, 11) is 0. The van der Waals surface area contributed by atoms with Gasteiger partial charge in [0.25, 0.3) is 0 Å². The van der Waals surface area contributed by atoms with Crippen molar-refractivity contribution in [3.63, 3.8) is 0 Å². The molecule has 3 nitrogen and oxygen atoms in total. The summed E-state index contributed by atoms with van der Waals surface area (Å²) in [5.74, 6) is 1.95. The van der Waals surface area contributed by atoms with Crippen molar-refractivity contribution in [1.82, 2.24) is 15.0 Å². The molecular formula is C50H31N3. The van der Waals surface area contributed by atoms with Crippen molar-refractivity contribution in [3.05, 3.63) is 210 Å². The van der Waals surface area contributed by atoms with Crippen LogP contribution in [0, 0.1) is 0 Å². The summed E-state index contributed by atoms with van der Waals surface area (Å²) in [4.78, 5) is 15.5. The number of fused-ring (bicyclic) bond motifs is 11. The molecule has 1 heterocycles. The first-order chi connectivity index (χ1) is 26.3. The Labute approximate surface area is 308 Å². The van der Waals surface area contributed by atoms with E-state index in [1.807, 2.05) is 24.3 Å². The van der Waals surface area contributed by atoms with Crippen molar-refractivity contribution in [3.8, 4) is 67.5 Å². The molecule has 1 aromatic heterocycles. The second-order valence-corrected chi connectivity index (χ2v) is 14.0. The zero-order valence-corrected chi connectivity index (χ0v) is 28.7. The molecule has 0 fully saturated rings. The maximum absolute atomic E-state index is 5.23. The van der Waals surface area contributed by atoms with Crippen LogP contribution in [-0.2, 0) is 5.41 Å². The van der Waals surface area contributed by atoms with E-state index in [2.05, 4.69) is 164 Å². The Kier molecular flexibility index (Phi) is 6.47. The summed E-state index contributed by atoms with van der Waals surface area (Å²) in [6.45, 7) is 0. The molecule has 53 heavy (non-hydrogen) atoms. The average Bonchev–Trinajstić information content (AvgIpc) is 3.70. The maximum atomic E-state index is 5.23. The van der Waals surface area contributed by atoms with Gasteiger partial charge in [-0.2, -0.15) is 0 Å². The summed E-state index contributed by atoms with van der Waals surface area (Å²) in [5.41, 5.74) is 14.9. The first kappa shape index (κ1) is 29.7. The van der Waals surface area contributed by atoms with Crippen LogP contribution in [0.4, 0.5) is 0 Å². The molecule has 0 bridgehead atoms. The normalized spacial score (nSPS) is 14.9. The van der Waals surface area contributed by atoms with Crippen molar-refractivity contribution >= 4 is 10.8 Å². The number of rotatable bonds is 4. The summed E-state index contributed by atoms with van der Waals surface area (Å²) in [6.07, 6.45) is 0. The lowest BCUT2D eigenvalue weighted by Crippen LogP contribution is -2.26. The topological polar surface area (TPSA) is 38.7 Å². The van der Waals surface area contributed by atoms with Crippen molar-refractivity contribution in [2.75, 3.05) is 0 Å². The van der Waals surface area contributed by atoms with Crippen LogP contribution in [0.5, 0.6) is 0 Å². The molecule has 0 radical (unpaired) electrons. The van der Waals surface area contributed by atoms with Crippen molar-refractivity contribution in [2.45, 2.75) is 5.41 Å². The van der Waals surface area contributed by atoms with E-state index in [1.54, 1.807) is 0 Å². The van der Waals surface area contributed by atoms with E-state index in [0.717, 1.165) is 27.8 Å². The van der Waals surface area contributed by atoms with Gasteiger partial charge in [-0.05, 0) is 90.7 Å². The molecule has 1 unspecified atom stereocenters. The Balaban J connectivity index is 1.16. The average molecular weight is 674 g/mol. The van der Waals surface area contributed by atoms with Gasteiger partial charge < -0.3 is 0 Å². The SMILES string of the molecule is c1ccc(-c2cccc(-c3nc(-c4ccccc4)nc(-c4ccc5c(c4)C4(c6ccccc6-5)c5ccccc5-c5cc6ccccc6cc54)n3)c2)cc1. The first-order valence-electron chi connectivity index (χ1n) is 18.1. The number of aromatic nitrogens is 3. The lowest BCUT2D eigenvalue weighted by molar-refractivity contribution is 0.795. The van der Waals surface area contributed by atoms with E-state index in [4.69, 9.17) is 15.0 Å². The highest BCUT2D eigenvalue weighted by atomic mass is 15.0. The van der Waals surface area contributed by atoms with Gasteiger partial charge in [0.1, 0.15) is 0 Å². The molecule has 0 saturated heterocycles. The van der Waals surface area contributed by atoms with Crippen LogP contribution in [-0.4, -0.2) is 15.0 Å². The van der Waals surface area contributed by atoms with E-state index in [1.165, 1.54) is 55.3 Å². The molecule has 0 N–H and O–H groups in total. The summed E-state index contributed by atoms with van der Waals surface area (Å²) in [5, 5.41) is 2.49. The second-order valence-electron chi connectivity index (χ2n) is 14.0. The molecule has 9 aromatic rings. The predicted octanol–water partition coefficient (Wildman–Crippen LogP) is 12.0. The van der Waals surface area contributed by atoms with E-state index >= 15 is 0 Å². The van der Waals surface area contributed by atoms with Crippen LogP contribution in [0.25, 0.3) is 78.3 Å². The van der Waals surface area contributed by atoms with E-state index in [-0.39, 0.29) is 0 Å². The molecule has 8 aromatic carbocycles. The highest BCUT2D eigenvalue weighted by molar-refractivity contribution is 6.00. The Morgan fingerprint density at radius 3 is 1.43 bits per heavy atom. The quantitative estimate of drug-likeness (QED) is 0.187. The van der Waals surface area contributed by atoms with Gasteiger partial charge in [-0.25, -0.2) is 15.0 Å². The summed E-state index contributed by atoms with van der Waals surface area (Å²) in [6, 6.07) is 67.4. The zero-order chi connectivity index (χ0) is 34.9.